The summed E-state index contributed by atoms with van der Waals surface area (Å²) in [5.41, 5.74) is 0.436. The number of nitrogens with zero attached hydrogens (tertiary/aromatic N) is 3. The van der Waals surface area contributed by atoms with E-state index in [0.29, 0.717) is 11.5 Å². The molecule has 6 nitrogen and oxygen atoms in total. The highest BCUT2D eigenvalue weighted by Crippen LogP contribution is 2.10. The zero-order chi connectivity index (χ0) is 11.6. The predicted octanol–water partition coefficient (Wildman–Crippen LogP) is 0.639. The normalized spacial score (nSPS) is 11.3. The molecule has 0 aliphatic rings. The van der Waals surface area contributed by atoms with Crippen LogP contribution >= 0.6 is 0 Å². The number of anilines is 1. The SMILES string of the molecule is CS(=O)(=O)Nc1ccc(-n2ccnc2)nc1. The first kappa shape index (κ1) is 10.6. The van der Waals surface area contributed by atoms with Crippen LogP contribution in [0.15, 0.2) is 37.1 Å². The number of hydrogen-bond acceptors (Lipinski definition) is 4. The molecule has 0 saturated heterocycles. The first-order valence-corrected chi connectivity index (χ1v) is 6.36. The zero-order valence-corrected chi connectivity index (χ0v) is 9.35. The van der Waals surface area contributed by atoms with Crippen molar-refractivity contribution in [3.05, 3.63) is 37.1 Å². The van der Waals surface area contributed by atoms with Gasteiger partial charge in [-0.1, -0.05) is 0 Å². The summed E-state index contributed by atoms with van der Waals surface area (Å²) in [4.78, 5) is 7.99. The maximum absolute atomic E-state index is 11.0. The van der Waals surface area contributed by atoms with Crippen LogP contribution < -0.4 is 4.72 Å². The molecule has 0 bridgehead atoms. The third-order valence-corrected chi connectivity index (χ3v) is 2.43. The Labute approximate surface area is 93.0 Å². The first-order valence-electron chi connectivity index (χ1n) is 4.47. The van der Waals surface area contributed by atoms with Crippen molar-refractivity contribution in [3.63, 3.8) is 0 Å². The minimum atomic E-state index is -3.25. The first-order chi connectivity index (χ1) is 7.54. The highest BCUT2D eigenvalue weighted by Gasteiger charge is 2.02. The quantitative estimate of drug-likeness (QED) is 0.851. The molecule has 2 aromatic heterocycles. The molecule has 0 saturated carbocycles. The Bertz CT molecular complexity index is 560. The minimum absolute atomic E-state index is 0.436. The second kappa shape index (κ2) is 3.93. The van der Waals surface area contributed by atoms with Crippen LogP contribution in [-0.4, -0.2) is 29.2 Å². The van der Waals surface area contributed by atoms with E-state index >= 15 is 0 Å². The number of rotatable bonds is 3. The molecule has 0 atom stereocenters. The van der Waals surface area contributed by atoms with Crippen molar-refractivity contribution < 1.29 is 8.42 Å². The number of sulfonamides is 1. The van der Waals surface area contributed by atoms with E-state index in [1.807, 2.05) is 0 Å². The van der Waals surface area contributed by atoms with E-state index in [9.17, 15) is 8.42 Å². The van der Waals surface area contributed by atoms with Gasteiger partial charge >= 0.3 is 0 Å². The Morgan fingerprint density at radius 1 is 1.38 bits per heavy atom. The fraction of sp³-hybridized carbons (Fsp3) is 0.111. The summed E-state index contributed by atoms with van der Waals surface area (Å²) in [5.74, 6) is 0.677. The molecule has 0 aromatic carbocycles. The lowest BCUT2D eigenvalue weighted by atomic mass is 10.4. The lowest BCUT2D eigenvalue weighted by molar-refractivity contribution is 0.607. The standard InChI is InChI=1S/C9H10N4O2S/c1-16(14,15)12-8-2-3-9(11-6-8)13-5-4-10-7-13/h2-7,12H,1H3. The summed E-state index contributed by atoms with van der Waals surface area (Å²) >= 11 is 0. The number of pyridine rings is 1. The van der Waals surface area contributed by atoms with Crippen LogP contribution in [0.25, 0.3) is 5.82 Å². The van der Waals surface area contributed by atoms with Crippen molar-refractivity contribution >= 4 is 15.7 Å². The molecule has 2 aromatic rings. The summed E-state index contributed by atoms with van der Waals surface area (Å²) < 4.78 is 26.0. The molecule has 2 rings (SSSR count). The van der Waals surface area contributed by atoms with E-state index in [1.165, 1.54) is 6.20 Å². The van der Waals surface area contributed by atoms with Gasteiger partial charge in [0.2, 0.25) is 10.0 Å². The Morgan fingerprint density at radius 3 is 2.69 bits per heavy atom. The molecule has 0 aliphatic heterocycles. The van der Waals surface area contributed by atoms with Crippen molar-refractivity contribution in [1.82, 2.24) is 14.5 Å². The molecule has 0 unspecified atom stereocenters. The van der Waals surface area contributed by atoms with Crippen molar-refractivity contribution in [2.24, 2.45) is 0 Å². The highest BCUT2D eigenvalue weighted by molar-refractivity contribution is 7.92. The van der Waals surface area contributed by atoms with Crippen LogP contribution in [0.4, 0.5) is 5.69 Å². The van der Waals surface area contributed by atoms with Crippen LogP contribution in [-0.2, 0) is 10.0 Å². The number of aromatic nitrogens is 3. The number of hydrogen-bond donors (Lipinski definition) is 1. The fourth-order valence-electron chi connectivity index (χ4n) is 1.21. The molecular weight excluding hydrogens is 228 g/mol. The topological polar surface area (TPSA) is 76.9 Å². The maximum atomic E-state index is 11.0. The van der Waals surface area contributed by atoms with E-state index in [2.05, 4.69) is 14.7 Å². The molecule has 7 heteroatoms. The average molecular weight is 238 g/mol. The van der Waals surface area contributed by atoms with Crippen LogP contribution in [0.3, 0.4) is 0 Å². The monoisotopic (exact) mass is 238 g/mol. The van der Waals surface area contributed by atoms with Gasteiger partial charge in [0.05, 0.1) is 18.1 Å². The summed E-state index contributed by atoms with van der Waals surface area (Å²) in [6, 6.07) is 3.35. The fourth-order valence-corrected chi connectivity index (χ4v) is 1.76. The highest BCUT2D eigenvalue weighted by atomic mass is 32.2. The van der Waals surface area contributed by atoms with Crippen molar-refractivity contribution in [3.8, 4) is 5.82 Å². The molecule has 0 aliphatic carbocycles. The average Bonchev–Trinajstić information content (AvgIpc) is 2.69. The summed E-state index contributed by atoms with van der Waals surface area (Å²) in [7, 11) is -3.25. The van der Waals surface area contributed by atoms with Gasteiger partial charge in [-0.3, -0.25) is 9.29 Å². The Hall–Kier alpha value is -1.89. The molecule has 0 fully saturated rings. The van der Waals surface area contributed by atoms with Crippen molar-refractivity contribution in [2.75, 3.05) is 11.0 Å². The molecule has 0 radical (unpaired) electrons. The van der Waals surface area contributed by atoms with Crippen LogP contribution in [0, 0.1) is 0 Å². The molecule has 84 valence electrons. The zero-order valence-electron chi connectivity index (χ0n) is 8.53. The van der Waals surface area contributed by atoms with Gasteiger partial charge in [-0.2, -0.15) is 0 Å². The molecule has 16 heavy (non-hydrogen) atoms. The number of imidazole rings is 1. The van der Waals surface area contributed by atoms with Crippen molar-refractivity contribution in [1.29, 1.82) is 0 Å². The minimum Gasteiger partial charge on any atom is -0.291 e. The van der Waals surface area contributed by atoms with Gasteiger partial charge in [0.1, 0.15) is 12.1 Å². The number of nitrogens with one attached hydrogen (secondary N) is 1. The van der Waals surface area contributed by atoms with E-state index in [1.54, 1.807) is 35.4 Å². The maximum Gasteiger partial charge on any atom is 0.229 e. The van der Waals surface area contributed by atoms with E-state index in [-0.39, 0.29) is 0 Å². The third kappa shape index (κ3) is 2.57. The van der Waals surface area contributed by atoms with Crippen LogP contribution in [0.1, 0.15) is 0 Å². The summed E-state index contributed by atoms with van der Waals surface area (Å²) in [5, 5.41) is 0. The van der Waals surface area contributed by atoms with E-state index in [0.717, 1.165) is 6.26 Å². The third-order valence-electron chi connectivity index (χ3n) is 1.82. The van der Waals surface area contributed by atoms with Crippen molar-refractivity contribution in [2.45, 2.75) is 0 Å². The van der Waals surface area contributed by atoms with E-state index in [4.69, 9.17) is 0 Å². The lowest BCUT2D eigenvalue weighted by Crippen LogP contribution is -2.09. The van der Waals surface area contributed by atoms with Gasteiger partial charge in [-0.25, -0.2) is 18.4 Å². The largest absolute Gasteiger partial charge is 0.291 e. The van der Waals surface area contributed by atoms with Gasteiger partial charge in [0.15, 0.2) is 0 Å². The summed E-state index contributed by atoms with van der Waals surface area (Å²) in [6.07, 6.45) is 7.56. The molecule has 0 spiro atoms. The van der Waals surface area contributed by atoms with Crippen LogP contribution in [0.2, 0.25) is 0 Å². The molecule has 0 amide bonds. The van der Waals surface area contributed by atoms with Gasteiger partial charge in [-0.15, -0.1) is 0 Å². The van der Waals surface area contributed by atoms with Gasteiger partial charge < -0.3 is 0 Å². The molecule has 1 N–H and O–H groups in total. The Kier molecular flexibility index (Phi) is 2.61. The van der Waals surface area contributed by atoms with E-state index < -0.39 is 10.0 Å². The van der Waals surface area contributed by atoms with Gasteiger partial charge in [0.25, 0.3) is 0 Å². The second-order valence-electron chi connectivity index (χ2n) is 3.25. The second-order valence-corrected chi connectivity index (χ2v) is 5.00. The molecule has 2 heterocycles. The van der Waals surface area contributed by atoms with Gasteiger partial charge in [-0.05, 0) is 12.1 Å². The van der Waals surface area contributed by atoms with Gasteiger partial charge in [0, 0.05) is 12.4 Å². The Morgan fingerprint density at radius 2 is 2.19 bits per heavy atom. The molecular formula is C9H10N4O2S. The summed E-state index contributed by atoms with van der Waals surface area (Å²) in [6.45, 7) is 0. The Balaban J connectivity index is 2.24. The lowest BCUT2D eigenvalue weighted by Gasteiger charge is -2.04. The smallest absolute Gasteiger partial charge is 0.229 e. The predicted molar refractivity (Wildman–Crippen MR) is 59.8 cm³/mol. The van der Waals surface area contributed by atoms with Crippen LogP contribution in [0.5, 0.6) is 0 Å².